The zero-order valence-electron chi connectivity index (χ0n) is 31.2. The van der Waals surface area contributed by atoms with E-state index < -0.39 is 0 Å². The molecule has 0 bridgehead atoms. The molecule has 6 aromatic carbocycles. The highest BCUT2D eigenvalue weighted by atomic mass is 15.0. The summed E-state index contributed by atoms with van der Waals surface area (Å²) in [6.45, 7) is 17.9. The quantitative estimate of drug-likeness (QED) is 0.187. The van der Waals surface area contributed by atoms with Gasteiger partial charge < -0.3 is 9.13 Å². The van der Waals surface area contributed by atoms with Crippen LogP contribution in [0, 0.1) is 36.5 Å². The molecule has 52 heavy (non-hydrogen) atoms. The third-order valence-corrected chi connectivity index (χ3v) is 10.8. The van der Waals surface area contributed by atoms with Crippen molar-refractivity contribution in [2.75, 3.05) is 0 Å². The fourth-order valence-electron chi connectivity index (χ4n) is 8.03. The van der Waals surface area contributed by atoms with Crippen molar-refractivity contribution in [2.24, 2.45) is 0 Å². The predicted molar refractivity (Wildman–Crippen MR) is 217 cm³/mol. The summed E-state index contributed by atoms with van der Waals surface area (Å²) in [6, 6.07) is 43.7. The minimum absolute atomic E-state index is 0.00862. The second-order valence-corrected chi connectivity index (χ2v) is 16.2. The molecule has 0 saturated carbocycles. The van der Waals surface area contributed by atoms with E-state index in [1.165, 1.54) is 21.9 Å². The van der Waals surface area contributed by atoms with Gasteiger partial charge in [0.25, 0.3) is 0 Å². The summed E-state index contributed by atoms with van der Waals surface area (Å²) in [4.78, 5) is 0. The van der Waals surface area contributed by atoms with Crippen molar-refractivity contribution >= 4 is 43.6 Å². The molecule has 4 nitrogen and oxygen atoms in total. The lowest BCUT2D eigenvalue weighted by molar-refractivity contribution is 0.590. The number of fused-ring (bicyclic) bond motifs is 6. The van der Waals surface area contributed by atoms with Gasteiger partial charge in [0.1, 0.15) is 12.1 Å². The smallest absolute Gasteiger partial charge is 0.101 e. The summed E-state index contributed by atoms with van der Waals surface area (Å²) < 4.78 is 4.75. The first-order valence-electron chi connectivity index (χ1n) is 18.0. The molecule has 4 heteroatoms. The lowest BCUT2D eigenvalue weighted by atomic mass is 9.85. The number of aromatic nitrogens is 2. The molecule has 0 aliphatic heterocycles. The Labute approximate surface area is 305 Å². The number of para-hydroxylation sites is 2. The predicted octanol–water partition coefficient (Wildman–Crippen LogP) is 12.5. The molecular formula is C48H42N4. The van der Waals surface area contributed by atoms with Gasteiger partial charge in [0, 0.05) is 38.4 Å². The Morgan fingerprint density at radius 1 is 0.500 bits per heavy atom. The van der Waals surface area contributed by atoms with Crippen molar-refractivity contribution in [3.63, 3.8) is 0 Å². The molecule has 0 spiro atoms. The number of aryl methyl sites for hydroxylation is 2. The van der Waals surface area contributed by atoms with Gasteiger partial charge in [-0.25, -0.2) is 0 Å². The van der Waals surface area contributed by atoms with E-state index in [0.29, 0.717) is 11.1 Å². The highest BCUT2D eigenvalue weighted by molar-refractivity contribution is 6.16. The summed E-state index contributed by atoms with van der Waals surface area (Å²) in [5, 5.41) is 25.4. The summed E-state index contributed by atoms with van der Waals surface area (Å²) in [5.74, 6) is 0. The standard InChI is InChI=1S/C48H42N4/c1-29-13-11-14-30(2)45(29)52-42-18-10-9-16-36(42)40-26-34(25-39(46(40)52)35-17-12-15-31(27-49)41(35)28-50)51-43-21-19-32(47(3,4)5)23-37(43)38-24-33(48(6,7)8)20-22-44(38)51/h9-26H,1-8H3. The van der Waals surface area contributed by atoms with Crippen LogP contribution in [0.4, 0.5) is 0 Å². The van der Waals surface area contributed by atoms with Crippen LogP contribution in [0.2, 0.25) is 0 Å². The van der Waals surface area contributed by atoms with E-state index >= 15 is 0 Å². The first-order valence-corrected chi connectivity index (χ1v) is 18.0. The van der Waals surface area contributed by atoms with Crippen molar-refractivity contribution < 1.29 is 0 Å². The lowest BCUT2D eigenvalue weighted by Gasteiger charge is -2.20. The molecule has 0 saturated heterocycles. The summed E-state index contributed by atoms with van der Waals surface area (Å²) in [5.41, 5.74) is 13.8. The van der Waals surface area contributed by atoms with E-state index in [1.807, 2.05) is 12.1 Å². The molecule has 0 N–H and O–H groups in total. The van der Waals surface area contributed by atoms with E-state index in [9.17, 15) is 10.5 Å². The van der Waals surface area contributed by atoms with Gasteiger partial charge >= 0.3 is 0 Å². The van der Waals surface area contributed by atoms with Gasteiger partial charge in [0.2, 0.25) is 0 Å². The van der Waals surface area contributed by atoms with Gasteiger partial charge in [-0.05, 0) is 95.5 Å². The Balaban J connectivity index is 1.59. The van der Waals surface area contributed by atoms with Crippen LogP contribution in [0.5, 0.6) is 0 Å². The molecule has 2 heterocycles. The number of rotatable bonds is 3. The number of nitrogens with zero attached hydrogens (tertiary/aromatic N) is 4. The molecule has 0 amide bonds. The van der Waals surface area contributed by atoms with Gasteiger partial charge in [-0.2, -0.15) is 10.5 Å². The molecule has 0 aliphatic carbocycles. The number of hydrogen-bond acceptors (Lipinski definition) is 2. The molecule has 0 radical (unpaired) electrons. The van der Waals surface area contributed by atoms with Crippen molar-refractivity contribution in [1.29, 1.82) is 10.5 Å². The van der Waals surface area contributed by atoms with Crippen LogP contribution in [0.25, 0.3) is 66.1 Å². The Kier molecular flexibility index (Phi) is 7.46. The van der Waals surface area contributed by atoms with E-state index in [-0.39, 0.29) is 10.8 Å². The molecular weight excluding hydrogens is 633 g/mol. The molecule has 0 atom stereocenters. The maximum Gasteiger partial charge on any atom is 0.101 e. The van der Waals surface area contributed by atoms with Crippen LogP contribution in [0.3, 0.4) is 0 Å². The second-order valence-electron chi connectivity index (χ2n) is 16.2. The zero-order chi connectivity index (χ0) is 36.7. The molecule has 0 aliphatic rings. The van der Waals surface area contributed by atoms with Crippen molar-refractivity contribution in [3.8, 4) is 34.6 Å². The van der Waals surface area contributed by atoms with Gasteiger partial charge in [-0.3, -0.25) is 0 Å². The van der Waals surface area contributed by atoms with E-state index in [0.717, 1.165) is 66.5 Å². The first-order chi connectivity index (χ1) is 24.8. The van der Waals surface area contributed by atoms with Crippen molar-refractivity contribution in [2.45, 2.75) is 66.2 Å². The summed E-state index contributed by atoms with van der Waals surface area (Å²) in [7, 11) is 0. The lowest BCUT2D eigenvalue weighted by Crippen LogP contribution is -2.10. The topological polar surface area (TPSA) is 57.4 Å². The normalized spacial score (nSPS) is 12.2. The second kappa shape index (κ2) is 11.7. The van der Waals surface area contributed by atoms with Crippen LogP contribution in [-0.4, -0.2) is 9.13 Å². The van der Waals surface area contributed by atoms with Gasteiger partial charge in [-0.15, -0.1) is 0 Å². The highest BCUT2D eigenvalue weighted by Crippen LogP contribution is 2.44. The largest absolute Gasteiger partial charge is 0.309 e. The average molecular weight is 675 g/mol. The Morgan fingerprint density at radius 3 is 1.65 bits per heavy atom. The van der Waals surface area contributed by atoms with Gasteiger partial charge in [-0.1, -0.05) is 102 Å². The number of hydrogen-bond donors (Lipinski definition) is 0. The first kappa shape index (κ1) is 33.1. The van der Waals surface area contributed by atoms with Crippen LogP contribution < -0.4 is 0 Å². The minimum Gasteiger partial charge on any atom is -0.309 e. The third kappa shape index (κ3) is 5.02. The van der Waals surface area contributed by atoms with Gasteiger partial charge in [0.05, 0.1) is 38.9 Å². The van der Waals surface area contributed by atoms with E-state index in [4.69, 9.17) is 0 Å². The average Bonchev–Trinajstić information content (AvgIpc) is 3.62. The Morgan fingerprint density at radius 2 is 1.08 bits per heavy atom. The van der Waals surface area contributed by atoms with Crippen LogP contribution >= 0.6 is 0 Å². The Hall–Kier alpha value is -6.10. The maximum atomic E-state index is 10.6. The molecule has 0 fully saturated rings. The molecule has 8 aromatic rings. The Bertz CT molecular complexity index is 2760. The fraction of sp³-hybridized carbons (Fsp3) is 0.208. The fourth-order valence-corrected chi connectivity index (χ4v) is 8.03. The monoisotopic (exact) mass is 674 g/mol. The SMILES string of the molecule is Cc1cccc(C)c1-n1c2ccccc2c2cc(-n3c4ccc(C(C)(C)C)cc4c4cc(C(C)(C)C)ccc43)cc(-c3cccc(C#N)c3C#N)c21. The van der Waals surface area contributed by atoms with E-state index in [1.54, 1.807) is 6.07 Å². The van der Waals surface area contributed by atoms with Gasteiger partial charge in [0.15, 0.2) is 0 Å². The van der Waals surface area contributed by atoms with Crippen LogP contribution in [-0.2, 0) is 10.8 Å². The number of benzene rings is 6. The molecule has 2 aromatic heterocycles. The summed E-state index contributed by atoms with van der Waals surface area (Å²) >= 11 is 0. The van der Waals surface area contributed by atoms with Crippen molar-refractivity contribution in [3.05, 3.63) is 143 Å². The minimum atomic E-state index is -0.00862. The zero-order valence-corrected chi connectivity index (χ0v) is 31.2. The molecule has 254 valence electrons. The van der Waals surface area contributed by atoms with Crippen LogP contribution in [0.15, 0.2) is 109 Å². The van der Waals surface area contributed by atoms with Crippen LogP contribution in [0.1, 0.15) is 74.9 Å². The third-order valence-electron chi connectivity index (χ3n) is 10.8. The summed E-state index contributed by atoms with van der Waals surface area (Å²) in [6.07, 6.45) is 0. The van der Waals surface area contributed by atoms with Crippen molar-refractivity contribution in [1.82, 2.24) is 9.13 Å². The number of nitriles is 2. The molecule has 0 unspecified atom stereocenters. The highest BCUT2D eigenvalue weighted by Gasteiger charge is 2.25. The maximum absolute atomic E-state index is 10.6. The van der Waals surface area contributed by atoms with E-state index in [2.05, 4.69) is 168 Å². The molecule has 8 rings (SSSR count).